The van der Waals surface area contributed by atoms with Gasteiger partial charge in [0.1, 0.15) is 16.7 Å². The van der Waals surface area contributed by atoms with Crippen LogP contribution in [-0.4, -0.2) is 56.8 Å². The van der Waals surface area contributed by atoms with Gasteiger partial charge in [0.25, 0.3) is 0 Å². The minimum absolute atomic E-state index is 0.0106. The maximum absolute atomic E-state index is 13.3. The smallest absolute Gasteiger partial charge is 0.246 e. The summed E-state index contributed by atoms with van der Waals surface area (Å²) in [7, 11) is -0.374. The van der Waals surface area contributed by atoms with Crippen LogP contribution in [-0.2, 0) is 21.4 Å². The van der Waals surface area contributed by atoms with Crippen LogP contribution in [0.5, 0.6) is 5.75 Å². The fourth-order valence-electron chi connectivity index (χ4n) is 4.49. The van der Waals surface area contributed by atoms with Gasteiger partial charge in [-0.25, -0.2) is 19.3 Å². The Hall–Kier alpha value is -2.46. The molecule has 0 aromatic heterocycles. The first-order chi connectivity index (χ1) is 15.9. The Labute approximate surface area is 195 Å². The first kappa shape index (κ1) is 23.7. The van der Waals surface area contributed by atoms with Crippen LogP contribution in [0.1, 0.15) is 42.9 Å². The molecular formula is C24H32N4O4S. The van der Waals surface area contributed by atoms with Gasteiger partial charge in [0.05, 0.1) is 7.11 Å². The van der Waals surface area contributed by atoms with E-state index >= 15 is 0 Å². The molecule has 2 aromatic rings. The van der Waals surface area contributed by atoms with Crippen LogP contribution in [0.4, 0.5) is 0 Å². The highest BCUT2D eigenvalue weighted by Gasteiger charge is 2.34. The van der Waals surface area contributed by atoms with Crippen molar-refractivity contribution in [2.75, 3.05) is 27.2 Å². The van der Waals surface area contributed by atoms with E-state index in [0.717, 1.165) is 30.4 Å². The lowest BCUT2D eigenvalue weighted by atomic mass is 10.0. The predicted molar refractivity (Wildman–Crippen MR) is 126 cm³/mol. The highest BCUT2D eigenvalue weighted by Crippen LogP contribution is 2.33. The lowest BCUT2D eigenvalue weighted by molar-refractivity contribution is -0.132. The molecule has 9 heteroatoms. The third kappa shape index (κ3) is 5.22. The van der Waals surface area contributed by atoms with Crippen LogP contribution in [0.3, 0.4) is 0 Å². The molecule has 0 bridgehead atoms. The highest BCUT2D eigenvalue weighted by molar-refractivity contribution is 7.89. The van der Waals surface area contributed by atoms with Gasteiger partial charge >= 0.3 is 0 Å². The van der Waals surface area contributed by atoms with Gasteiger partial charge in [0.15, 0.2) is 0 Å². The van der Waals surface area contributed by atoms with Crippen LogP contribution in [0.25, 0.3) is 0 Å². The van der Waals surface area contributed by atoms with E-state index in [9.17, 15) is 13.2 Å². The van der Waals surface area contributed by atoms with E-state index < -0.39 is 16.1 Å². The van der Waals surface area contributed by atoms with Gasteiger partial charge in [-0.2, -0.15) is 4.31 Å². The summed E-state index contributed by atoms with van der Waals surface area (Å²) in [6.45, 7) is 1.59. The fraction of sp³-hybridized carbons (Fsp3) is 0.458. The molecule has 178 valence electrons. The molecular weight excluding hydrogens is 440 g/mol. The quantitative estimate of drug-likeness (QED) is 0.643. The standard InChI is InChI=1S/C24H32N4O4S/c1-27(17-18-9-5-3-6-10-18)24(29)21-16-20(25-26-21)19-11-12-22(32-2)23(15-19)33(30,31)28-13-7-4-8-14-28/h3,5-6,9-12,15,20-21,25-26H,4,7-8,13-14,16-17H2,1-2H3. The molecule has 8 nitrogen and oxygen atoms in total. The lowest BCUT2D eigenvalue weighted by Crippen LogP contribution is -2.43. The largest absolute Gasteiger partial charge is 0.495 e. The molecule has 0 radical (unpaired) electrons. The number of nitrogens with one attached hydrogen (secondary N) is 2. The zero-order valence-corrected chi connectivity index (χ0v) is 20.0. The molecule has 2 unspecified atom stereocenters. The number of hydrazine groups is 1. The van der Waals surface area contributed by atoms with Crippen LogP contribution in [0, 0.1) is 0 Å². The molecule has 2 aromatic carbocycles. The second-order valence-electron chi connectivity index (χ2n) is 8.68. The molecule has 2 aliphatic rings. The number of piperidine rings is 1. The number of amides is 1. The van der Waals surface area contributed by atoms with E-state index in [2.05, 4.69) is 10.9 Å². The monoisotopic (exact) mass is 472 g/mol. The number of rotatable bonds is 7. The maximum Gasteiger partial charge on any atom is 0.246 e. The summed E-state index contributed by atoms with van der Waals surface area (Å²) in [5, 5.41) is 0. The Morgan fingerprint density at radius 1 is 1.09 bits per heavy atom. The van der Waals surface area contributed by atoms with Crippen molar-refractivity contribution in [3.8, 4) is 5.75 Å². The molecule has 2 saturated heterocycles. The molecule has 1 amide bonds. The van der Waals surface area contributed by atoms with Crippen molar-refractivity contribution in [1.82, 2.24) is 20.1 Å². The van der Waals surface area contributed by atoms with E-state index in [1.54, 1.807) is 28.4 Å². The number of sulfonamides is 1. The number of methoxy groups -OCH3 is 1. The Balaban J connectivity index is 1.48. The summed E-state index contributed by atoms with van der Waals surface area (Å²) in [6.07, 6.45) is 3.31. The van der Waals surface area contributed by atoms with Gasteiger partial charge in [0.2, 0.25) is 15.9 Å². The molecule has 33 heavy (non-hydrogen) atoms. The first-order valence-electron chi connectivity index (χ1n) is 11.4. The minimum Gasteiger partial charge on any atom is -0.495 e. The Bertz CT molecular complexity index is 1070. The van der Waals surface area contributed by atoms with Gasteiger partial charge in [-0.1, -0.05) is 42.8 Å². The SMILES string of the molecule is COc1ccc(C2CC(C(=O)N(C)Cc3ccccc3)NN2)cc1S(=O)(=O)N1CCCCC1. The molecule has 2 fully saturated rings. The molecule has 4 rings (SSSR count). The van der Waals surface area contributed by atoms with Crippen molar-refractivity contribution in [1.29, 1.82) is 0 Å². The number of carbonyl (C=O) groups is 1. The van der Waals surface area contributed by atoms with E-state index in [4.69, 9.17) is 4.74 Å². The zero-order valence-electron chi connectivity index (χ0n) is 19.2. The number of likely N-dealkylation sites (N-methyl/N-ethyl adjacent to an activating group) is 1. The second-order valence-corrected chi connectivity index (χ2v) is 10.6. The van der Waals surface area contributed by atoms with Gasteiger partial charge in [-0.15, -0.1) is 0 Å². The minimum atomic E-state index is -3.65. The van der Waals surface area contributed by atoms with Crippen molar-refractivity contribution in [2.24, 2.45) is 0 Å². The summed E-state index contributed by atoms with van der Waals surface area (Å²) < 4.78 is 33.6. The predicted octanol–water partition coefficient (Wildman–Crippen LogP) is 2.44. The normalized spacial score (nSPS) is 21.6. The average Bonchev–Trinajstić information content (AvgIpc) is 3.34. The maximum atomic E-state index is 13.3. The molecule has 2 atom stereocenters. The molecule has 2 N–H and O–H groups in total. The number of ether oxygens (including phenoxy) is 1. The third-order valence-electron chi connectivity index (χ3n) is 6.36. The summed E-state index contributed by atoms with van der Waals surface area (Å²) >= 11 is 0. The number of carbonyl (C=O) groups excluding carboxylic acids is 1. The lowest BCUT2D eigenvalue weighted by Gasteiger charge is -2.27. The van der Waals surface area contributed by atoms with Crippen LogP contribution in [0.2, 0.25) is 0 Å². The fourth-order valence-corrected chi connectivity index (χ4v) is 6.20. The molecule has 0 aliphatic carbocycles. The van der Waals surface area contributed by atoms with Gasteiger partial charge in [-0.3, -0.25) is 4.79 Å². The Morgan fingerprint density at radius 3 is 2.52 bits per heavy atom. The van der Waals surface area contributed by atoms with Gasteiger partial charge in [-0.05, 0) is 42.5 Å². The average molecular weight is 473 g/mol. The molecule has 0 spiro atoms. The van der Waals surface area contributed by atoms with Crippen LogP contribution in [0.15, 0.2) is 53.4 Å². The van der Waals surface area contributed by atoms with Crippen molar-refractivity contribution in [3.63, 3.8) is 0 Å². The molecule has 2 heterocycles. The van der Waals surface area contributed by atoms with Crippen molar-refractivity contribution < 1.29 is 17.9 Å². The second kappa shape index (κ2) is 10.2. The summed E-state index contributed by atoms with van der Waals surface area (Å²) in [4.78, 5) is 14.8. The molecule has 0 saturated carbocycles. The first-order valence-corrected chi connectivity index (χ1v) is 12.8. The van der Waals surface area contributed by atoms with E-state index in [0.29, 0.717) is 31.8 Å². The number of benzene rings is 2. The zero-order chi connectivity index (χ0) is 23.4. The number of hydrogen-bond donors (Lipinski definition) is 2. The Kier molecular flexibility index (Phi) is 7.33. The number of hydrogen-bond acceptors (Lipinski definition) is 6. The van der Waals surface area contributed by atoms with Crippen molar-refractivity contribution >= 4 is 15.9 Å². The van der Waals surface area contributed by atoms with Crippen molar-refractivity contribution in [2.45, 2.75) is 49.2 Å². The highest BCUT2D eigenvalue weighted by atomic mass is 32.2. The van der Waals surface area contributed by atoms with Crippen LogP contribution >= 0.6 is 0 Å². The topological polar surface area (TPSA) is 91.0 Å². The van der Waals surface area contributed by atoms with E-state index in [-0.39, 0.29) is 16.8 Å². The van der Waals surface area contributed by atoms with Crippen molar-refractivity contribution in [3.05, 3.63) is 59.7 Å². The van der Waals surface area contributed by atoms with Crippen LogP contribution < -0.4 is 15.6 Å². The number of nitrogens with zero attached hydrogens (tertiary/aromatic N) is 2. The van der Waals surface area contributed by atoms with E-state index in [1.807, 2.05) is 36.4 Å². The van der Waals surface area contributed by atoms with Gasteiger partial charge in [0, 0.05) is 32.7 Å². The van der Waals surface area contributed by atoms with Gasteiger partial charge < -0.3 is 9.64 Å². The summed E-state index contributed by atoms with van der Waals surface area (Å²) in [6, 6.07) is 14.5. The molecule has 2 aliphatic heterocycles. The third-order valence-corrected chi connectivity index (χ3v) is 8.28. The van der Waals surface area contributed by atoms with E-state index in [1.165, 1.54) is 7.11 Å². The summed E-state index contributed by atoms with van der Waals surface area (Å²) in [5.41, 5.74) is 8.13. The Morgan fingerprint density at radius 2 is 1.82 bits per heavy atom. The summed E-state index contributed by atoms with van der Waals surface area (Å²) in [5.74, 6) is 0.328.